The summed E-state index contributed by atoms with van der Waals surface area (Å²) in [7, 11) is -0.616. The normalized spacial score (nSPS) is 11.6. The fraction of sp³-hybridized carbons (Fsp3) is 0.231. The molecule has 1 N–H and O–H groups in total. The number of rotatable bonds is 4. The molecule has 2 aromatic rings. The molecule has 6 nitrogen and oxygen atoms in total. The Morgan fingerprint density at radius 2 is 2.05 bits per heavy atom. The second kappa shape index (κ2) is 5.92. The number of thiazole rings is 1. The Morgan fingerprint density at radius 1 is 1.33 bits per heavy atom. The molecule has 0 fully saturated rings. The zero-order valence-corrected chi connectivity index (χ0v) is 13.5. The summed E-state index contributed by atoms with van der Waals surface area (Å²) in [6.45, 7) is 1.71. The predicted molar refractivity (Wildman–Crippen MR) is 82.1 cm³/mol. The number of amides is 1. The number of hydrogen-bond donors (Lipinski definition) is 1. The summed E-state index contributed by atoms with van der Waals surface area (Å²) in [6, 6.07) is 4.77. The Hall–Kier alpha value is -1.77. The van der Waals surface area contributed by atoms with E-state index in [0.29, 0.717) is 16.9 Å². The minimum Gasteiger partial charge on any atom is -0.321 e. The summed E-state index contributed by atoms with van der Waals surface area (Å²) in [5, 5.41) is 4.27. The fourth-order valence-electron chi connectivity index (χ4n) is 1.67. The summed E-state index contributed by atoms with van der Waals surface area (Å²) in [6.07, 6.45) is 0. The molecule has 8 heteroatoms. The molecule has 1 amide bonds. The molecule has 112 valence electrons. The third-order valence-electron chi connectivity index (χ3n) is 2.87. The van der Waals surface area contributed by atoms with Crippen LogP contribution in [0.1, 0.15) is 16.1 Å². The van der Waals surface area contributed by atoms with Crippen molar-refractivity contribution in [3.05, 3.63) is 40.3 Å². The van der Waals surface area contributed by atoms with E-state index < -0.39 is 10.0 Å². The summed E-state index contributed by atoms with van der Waals surface area (Å²) in [4.78, 5) is 16.0. The molecule has 21 heavy (non-hydrogen) atoms. The first-order valence-corrected chi connectivity index (χ1v) is 8.43. The van der Waals surface area contributed by atoms with Gasteiger partial charge in [-0.2, -0.15) is 0 Å². The van der Waals surface area contributed by atoms with Gasteiger partial charge in [-0.1, -0.05) is 6.07 Å². The molecule has 0 spiro atoms. The van der Waals surface area contributed by atoms with Crippen LogP contribution in [0.4, 0.5) is 5.69 Å². The van der Waals surface area contributed by atoms with Gasteiger partial charge in [0.1, 0.15) is 5.69 Å². The third kappa shape index (κ3) is 3.29. The number of carbonyl (C=O) groups excluding carboxylic acids is 1. The Morgan fingerprint density at radius 3 is 2.62 bits per heavy atom. The van der Waals surface area contributed by atoms with Crippen molar-refractivity contribution in [2.24, 2.45) is 0 Å². The molecule has 1 heterocycles. The van der Waals surface area contributed by atoms with E-state index in [0.717, 1.165) is 4.31 Å². The maximum atomic E-state index is 12.2. The molecule has 2 rings (SSSR count). The molecule has 0 saturated carbocycles. The SMILES string of the molecule is Cc1ccc(NC(=O)c2cscn2)cc1S(=O)(=O)N(C)C. The number of hydrogen-bond acceptors (Lipinski definition) is 5. The fourth-order valence-corrected chi connectivity index (χ4v) is 3.35. The third-order valence-corrected chi connectivity index (χ3v) is 5.41. The highest BCUT2D eigenvalue weighted by Crippen LogP contribution is 2.22. The molecule has 0 saturated heterocycles. The van der Waals surface area contributed by atoms with Gasteiger partial charge in [-0.3, -0.25) is 4.79 Å². The lowest BCUT2D eigenvalue weighted by molar-refractivity contribution is 0.102. The first-order valence-electron chi connectivity index (χ1n) is 6.05. The molecular weight excluding hydrogens is 310 g/mol. The minimum atomic E-state index is -3.55. The van der Waals surface area contributed by atoms with Crippen molar-refractivity contribution in [2.75, 3.05) is 19.4 Å². The van der Waals surface area contributed by atoms with Gasteiger partial charge >= 0.3 is 0 Å². The van der Waals surface area contributed by atoms with Gasteiger partial charge in [-0.25, -0.2) is 17.7 Å². The Balaban J connectivity index is 2.34. The van der Waals surface area contributed by atoms with Crippen molar-refractivity contribution in [3.8, 4) is 0 Å². The number of nitrogens with zero attached hydrogens (tertiary/aromatic N) is 2. The topological polar surface area (TPSA) is 79.4 Å². The highest BCUT2D eigenvalue weighted by molar-refractivity contribution is 7.89. The van der Waals surface area contributed by atoms with Crippen LogP contribution in [-0.4, -0.2) is 37.7 Å². The van der Waals surface area contributed by atoms with Crippen molar-refractivity contribution in [1.29, 1.82) is 0 Å². The van der Waals surface area contributed by atoms with E-state index in [2.05, 4.69) is 10.3 Å². The molecule has 0 radical (unpaired) electrons. The Labute approximate surface area is 127 Å². The van der Waals surface area contributed by atoms with Crippen LogP contribution < -0.4 is 5.32 Å². The number of aromatic nitrogens is 1. The smallest absolute Gasteiger partial charge is 0.275 e. The van der Waals surface area contributed by atoms with Crippen molar-refractivity contribution in [2.45, 2.75) is 11.8 Å². The minimum absolute atomic E-state index is 0.170. The van der Waals surface area contributed by atoms with Crippen LogP contribution in [0.2, 0.25) is 0 Å². The van der Waals surface area contributed by atoms with E-state index in [9.17, 15) is 13.2 Å². The van der Waals surface area contributed by atoms with Crippen LogP contribution in [0.3, 0.4) is 0 Å². The van der Waals surface area contributed by atoms with Gasteiger partial charge in [0.25, 0.3) is 5.91 Å². The lowest BCUT2D eigenvalue weighted by Crippen LogP contribution is -2.23. The van der Waals surface area contributed by atoms with Crippen molar-refractivity contribution >= 4 is 33.0 Å². The molecule has 0 aliphatic carbocycles. The van der Waals surface area contributed by atoms with Crippen LogP contribution >= 0.6 is 11.3 Å². The van der Waals surface area contributed by atoms with E-state index in [1.807, 2.05) is 0 Å². The maximum absolute atomic E-state index is 12.2. The van der Waals surface area contributed by atoms with Crippen LogP contribution in [0.25, 0.3) is 0 Å². The van der Waals surface area contributed by atoms with Gasteiger partial charge in [0.05, 0.1) is 10.4 Å². The van der Waals surface area contributed by atoms with Gasteiger partial charge in [0, 0.05) is 25.2 Å². The molecule has 0 aliphatic heterocycles. The molecule has 1 aromatic carbocycles. The number of aryl methyl sites for hydroxylation is 1. The van der Waals surface area contributed by atoms with Crippen LogP contribution in [0.15, 0.2) is 34.0 Å². The molecule has 0 unspecified atom stereocenters. The average Bonchev–Trinajstić information content (AvgIpc) is 2.94. The molecular formula is C13H15N3O3S2. The van der Waals surface area contributed by atoms with E-state index >= 15 is 0 Å². The van der Waals surface area contributed by atoms with Crippen molar-refractivity contribution < 1.29 is 13.2 Å². The van der Waals surface area contributed by atoms with Gasteiger partial charge in [0.2, 0.25) is 10.0 Å². The van der Waals surface area contributed by atoms with E-state index in [-0.39, 0.29) is 10.8 Å². The summed E-state index contributed by atoms with van der Waals surface area (Å²) >= 11 is 1.32. The number of benzene rings is 1. The summed E-state index contributed by atoms with van der Waals surface area (Å²) in [5.74, 6) is -0.367. The average molecular weight is 325 g/mol. The van der Waals surface area contributed by atoms with E-state index in [1.165, 1.54) is 31.5 Å². The Bertz CT molecular complexity index is 753. The first kappa shape index (κ1) is 15.6. The highest BCUT2D eigenvalue weighted by atomic mass is 32.2. The largest absolute Gasteiger partial charge is 0.321 e. The maximum Gasteiger partial charge on any atom is 0.275 e. The van der Waals surface area contributed by atoms with Crippen LogP contribution in [-0.2, 0) is 10.0 Å². The molecule has 1 aromatic heterocycles. The molecule has 0 bridgehead atoms. The lowest BCUT2D eigenvalue weighted by atomic mass is 10.2. The Kier molecular flexibility index (Phi) is 4.40. The van der Waals surface area contributed by atoms with Crippen LogP contribution in [0, 0.1) is 6.92 Å². The van der Waals surface area contributed by atoms with Crippen LogP contribution in [0.5, 0.6) is 0 Å². The van der Waals surface area contributed by atoms with Crippen molar-refractivity contribution in [3.63, 3.8) is 0 Å². The van der Waals surface area contributed by atoms with E-state index in [4.69, 9.17) is 0 Å². The second-order valence-electron chi connectivity index (χ2n) is 4.60. The monoisotopic (exact) mass is 325 g/mol. The highest BCUT2D eigenvalue weighted by Gasteiger charge is 2.20. The first-order chi connectivity index (χ1) is 9.82. The van der Waals surface area contributed by atoms with Gasteiger partial charge < -0.3 is 5.32 Å². The number of anilines is 1. The van der Waals surface area contributed by atoms with Gasteiger partial charge in [-0.05, 0) is 24.6 Å². The van der Waals surface area contributed by atoms with E-state index in [1.54, 1.807) is 29.9 Å². The molecule has 0 atom stereocenters. The van der Waals surface area contributed by atoms with Gasteiger partial charge in [0.15, 0.2) is 0 Å². The summed E-state index contributed by atoms with van der Waals surface area (Å²) < 4.78 is 25.6. The zero-order chi connectivity index (χ0) is 15.6. The van der Waals surface area contributed by atoms with Gasteiger partial charge in [-0.15, -0.1) is 11.3 Å². The lowest BCUT2D eigenvalue weighted by Gasteiger charge is -2.15. The standard InChI is InChI=1S/C13H15N3O3S2/c1-9-4-5-10(6-12(9)21(18,19)16(2)3)15-13(17)11-7-20-8-14-11/h4-8H,1-3H3,(H,15,17). The molecule has 0 aliphatic rings. The predicted octanol–water partition coefficient (Wildman–Crippen LogP) is 1.95. The number of nitrogens with one attached hydrogen (secondary N) is 1. The summed E-state index contributed by atoms with van der Waals surface area (Å²) in [5.41, 5.74) is 2.90. The number of carbonyl (C=O) groups is 1. The quantitative estimate of drug-likeness (QED) is 0.932. The zero-order valence-electron chi connectivity index (χ0n) is 11.8. The van der Waals surface area contributed by atoms with Crippen molar-refractivity contribution in [1.82, 2.24) is 9.29 Å². The second-order valence-corrected chi connectivity index (χ2v) is 7.43. The number of sulfonamides is 1.